The van der Waals surface area contributed by atoms with Crippen molar-refractivity contribution in [1.29, 1.82) is 0 Å². The lowest BCUT2D eigenvalue weighted by Gasteiger charge is -2.35. The molecule has 4 nitrogen and oxygen atoms in total. The fourth-order valence-electron chi connectivity index (χ4n) is 2.43. The number of hydrogen-bond donors (Lipinski definition) is 3. The fraction of sp³-hybridized carbons (Fsp3) is 0.467. The normalized spacial score (nSPS) is 27.8. The van der Waals surface area contributed by atoms with Gasteiger partial charge in [0.25, 0.3) is 0 Å². The third-order valence-electron chi connectivity index (χ3n) is 3.60. The molecule has 0 saturated heterocycles. The second-order valence-electron chi connectivity index (χ2n) is 4.97. The van der Waals surface area contributed by atoms with Crippen LogP contribution in [0.3, 0.4) is 0 Å². The van der Waals surface area contributed by atoms with E-state index in [4.69, 9.17) is 10.7 Å². The van der Waals surface area contributed by atoms with Gasteiger partial charge >= 0.3 is 0 Å². The monoisotopic (exact) mass is 262 g/mol. The van der Waals surface area contributed by atoms with Crippen LogP contribution in [-0.4, -0.2) is 16.9 Å². The molecule has 1 aromatic rings. The molecule has 0 fully saturated rings. The van der Waals surface area contributed by atoms with Crippen LogP contribution in [0.25, 0.3) is 0 Å². The highest BCUT2D eigenvalue weighted by molar-refractivity contribution is 5.14. The van der Waals surface area contributed by atoms with Crippen LogP contribution in [0.15, 0.2) is 42.5 Å². The van der Waals surface area contributed by atoms with Crippen molar-refractivity contribution in [3.8, 4) is 0 Å². The molecule has 2 atom stereocenters. The number of aliphatic hydroxyl groups is 1. The summed E-state index contributed by atoms with van der Waals surface area (Å²) in [6.45, 7) is 0.695. The minimum absolute atomic E-state index is 0.164. The van der Waals surface area contributed by atoms with Gasteiger partial charge in [-0.3, -0.25) is 4.84 Å². The zero-order chi connectivity index (χ0) is 13.6. The fourth-order valence-corrected chi connectivity index (χ4v) is 2.43. The Balaban J connectivity index is 2.00. The van der Waals surface area contributed by atoms with Crippen molar-refractivity contribution in [2.45, 2.75) is 44.1 Å². The van der Waals surface area contributed by atoms with E-state index in [9.17, 15) is 5.11 Å². The molecule has 19 heavy (non-hydrogen) atoms. The Morgan fingerprint density at radius 1 is 1.26 bits per heavy atom. The summed E-state index contributed by atoms with van der Waals surface area (Å²) in [7, 11) is 0. The maximum Gasteiger partial charge on any atom is 0.200 e. The van der Waals surface area contributed by atoms with Crippen molar-refractivity contribution in [2.75, 3.05) is 0 Å². The summed E-state index contributed by atoms with van der Waals surface area (Å²) in [6.07, 6.45) is 7.21. The van der Waals surface area contributed by atoms with Gasteiger partial charge in [0.15, 0.2) is 5.79 Å². The molecule has 1 aromatic carbocycles. The molecule has 0 bridgehead atoms. The van der Waals surface area contributed by atoms with Gasteiger partial charge in [0.2, 0.25) is 0 Å². The summed E-state index contributed by atoms with van der Waals surface area (Å²) in [6, 6.07) is 9.94. The molecular weight excluding hydrogens is 240 g/mol. The summed E-state index contributed by atoms with van der Waals surface area (Å²) < 4.78 is 0. The van der Waals surface area contributed by atoms with Gasteiger partial charge in [-0.2, -0.15) is 0 Å². The van der Waals surface area contributed by atoms with E-state index in [0.29, 0.717) is 13.0 Å². The first-order valence-electron chi connectivity index (χ1n) is 6.77. The van der Waals surface area contributed by atoms with Gasteiger partial charge in [0, 0.05) is 13.0 Å². The largest absolute Gasteiger partial charge is 0.363 e. The number of hydrogen-bond acceptors (Lipinski definition) is 4. The van der Waals surface area contributed by atoms with Gasteiger partial charge < -0.3 is 10.4 Å². The zero-order valence-corrected chi connectivity index (χ0v) is 11.1. The van der Waals surface area contributed by atoms with Gasteiger partial charge in [-0.1, -0.05) is 42.5 Å². The third-order valence-corrected chi connectivity index (χ3v) is 3.60. The van der Waals surface area contributed by atoms with Gasteiger partial charge in [0.1, 0.15) is 0 Å². The second-order valence-corrected chi connectivity index (χ2v) is 4.97. The highest BCUT2D eigenvalue weighted by atomic mass is 16.7. The van der Waals surface area contributed by atoms with Gasteiger partial charge in [0.05, 0.1) is 6.04 Å². The molecule has 0 aliphatic heterocycles. The van der Waals surface area contributed by atoms with E-state index in [2.05, 4.69) is 29.6 Å². The lowest BCUT2D eigenvalue weighted by atomic mass is 9.94. The number of nitrogens with one attached hydrogen (secondary N) is 1. The Kier molecular flexibility index (Phi) is 5.10. The quantitative estimate of drug-likeness (QED) is 0.440. The van der Waals surface area contributed by atoms with Crippen LogP contribution in [0.2, 0.25) is 0 Å². The molecule has 0 heterocycles. The maximum atomic E-state index is 10.5. The summed E-state index contributed by atoms with van der Waals surface area (Å²) >= 11 is 0. The van der Waals surface area contributed by atoms with E-state index >= 15 is 0 Å². The Morgan fingerprint density at radius 2 is 2.00 bits per heavy atom. The van der Waals surface area contributed by atoms with Crippen LogP contribution in [0.5, 0.6) is 0 Å². The SMILES string of the molecule is NOC1(O)CCC=CCCC1NCc1ccccc1. The van der Waals surface area contributed by atoms with E-state index in [-0.39, 0.29) is 6.04 Å². The van der Waals surface area contributed by atoms with E-state index in [1.165, 1.54) is 5.56 Å². The molecule has 0 spiro atoms. The van der Waals surface area contributed by atoms with Crippen LogP contribution in [-0.2, 0) is 11.4 Å². The highest BCUT2D eigenvalue weighted by Crippen LogP contribution is 2.24. The molecule has 0 aromatic heterocycles. The minimum atomic E-state index is -1.29. The average molecular weight is 262 g/mol. The van der Waals surface area contributed by atoms with Crippen LogP contribution in [0.1, 0.15) is 31.2 Å². The van der Waals surface area contributed by atoms with Crippen molar-refractivity contribution in [3.05, 3.63) is 48.0 Å². The minimum Gasteiger partial charge on any atom is -0.363 e. The molecule has 1 aliphatic rings. The molecule has 104 valence electrons. The Morgan fingerprint density at radius 3 is 2.74 bits per heavy atom. The van der Waals surface area contributed by atoms with Crippen molar-refractivity contribution < 1.29 is 9.94 Å². The van der Waals surface area contributed by atoms with Crippen molar-refractivity contribution in [3.63, 3.8) is 0 Å². The van der Waals surface area contributed by atoms with Gasteiger partial charge in [-0.15, -0.1) is 0 Å². The van der Waals surface area contributed by atoms with Crippen LogP contribution < -0.4 is 11.2 Å². The van der Waals surface area contributed by atoms with E-state index in [1.54, 1.807) is 0 Å². The van der Waals surface area contributed by atoms with E-state index < -0.39 is 5.79 Å². The first kappa shape index (κ1) is 14.2. The standard InChI is InChI=1S/C15H22N2O2/c16-19-15(18)11-7-2-1-6-10-14(15)17-12-13-8-4-3-5-9-13/h1-5,8-9,14,17-18H,6-7,10-12,16H2. The molecule has 0 amide bonds. The summed E-state index contributed by atoms with van der Waals surface area (Å²) in [5.74, 6) is 4.01. The number of rotatable bonds is 4. The molecule has 4 N–H and O–H groups in total. The Hall–Kier alpha value is -1.20. The summed E-state index contributed by atoms with van der Waals surface area (Å²) in [5.41, 5.74) is 1.18. The predicted molar refractivity (Wildman–Crippen MR) is 74.9 cm³/mol. The lowest BCUT2D eigenvalue weighted by molar-refractivity contribution is -0.231. The third kappa shape index (κ3) is 3.88. The Bertz CT molecular complexity index is 408. The molecule has 0 radical (unpaired) electrons. The maximum absolute atomic E-state index is 10.5. The van der Waals surface area contributed by atoms with Crippen molar-refractivity contribution >= 4 is 0 Å². The first-order chi connectivity index (χ1) is 9.24. The first-order valence-corrected chi connectivity index (χ1v) is 6.77. The zero-order valence-electron chi connectivity index (χ0n) is 11.1. The molecule has 4 heteroatoms. The van der Waals surface area contributed by atoms with Gasteiger partial charge in [-0.05, 0) is 24.8 Å². The van der Waals surface area contributed by atoms with Crippen molar-refractivity contribution in [1.82, 2.24) is 5.32 Å². The number of benzene rings is 1. The Labute approximate surface area is 114 Å². The second kappa shape index (κ2) is 6.82. The number of nitrogens with two attached hydrogens (primary N) is 1. The molecule has 0 saturated carbocycles. The molecule has 1 aliphatic carbocycles. The molecule has 2 unspecified atom stereocenters. The number of allylic oxidation sites excluding steroid dienone is 2. The predicted octanol–water partition coefficient (Wildman–Crippen LogP) is 1.85. The topological polar surface area (TPSA) is 67.5 Å². The molecule has 2 rings (SSSR count). The summed E-state index contributed by atoms with van der Waals surface area (Å²) in [5, 5.41) is 13.8. The highest BCUT2D eigenvalue weighted by Gasteiger charge is 2.36. The molecular formula is C15H22N2O2. The van der Waals surface area contributed by atoms with Crippen LogP contribution >= 0.6 is 0 Å². The van der Waals surface area contributed by atoms with Gasteiger partial charge in [-0.25, -0.2) is 5.90 Å². The van der Waals surface area contributed by atoms with E-state index in [0.717, 1.165) is 19.3 Å². The average Bonchev–Trinajstić information content (AvgIpc) is 2.44. The van der Waals surface area contributed by atoms with Crippen LogP contribution in [0, 0.1) is 0 Å². The van der Waals surface area contributed by atoms with E-state index in [1.807, 2.05) is 18.2 Å². The lowest BCUT2D eigenvalue weighted by Crippen LogP contribution is -2.54. The summed E-state index contributed by atoms with van der Waals surface area (Å²) in [4.78, 5) is 4.87. The smallest absolute Gasteiger partial charge is 0.200 e. The van der Waals surface area contributed by atoms with Crippen molar-refractivity contribution in [2.24, 2.45) is 5.90 Å². The van der Waals surface area contributed by atoms with Crippen LogP contribution in [0.4, 0.5) is 0 Å².